The maximum Gasteiger partial charge on any atom is 0.212 e. The monoisotopic (exact) mass is 300 g/mol. The predicted molar refractivity (Wildman–Crippen MR) is 78.8 cm³/mol. The van der Waals surface area contributed by atoms with Gasteiger partial charge in [-0.1, -0.05) is 13.3 Å². The zero-order valence-corrected chi connectivity index (χ0v) is 12.7. The summed E-state index contributed by atoms with van der Waals surface area (Å²) < 4.78 is 27.0. The standard InChI is InChI=1S/C13H24N4O2S/c1-2-12(13-15-8-9-16-13)17-20(18,19)10-6-11-5-3-4-7-14-11/h8-9,11-12,14,17H,2-7,10H2,1H3,(H,15,16). The molecule has 2 heterocycles. The van der Waals surface area contributed by atoms with Crippen LogP contribution in [0.15, 0.2) is 12.4 Å². The highest BCUT2D eigenvalue weighted by molar-refractivity contribution is 7.89. The summed E-state index contributed by atoms with van der Waals surface area (Å²) >= 11 is 0. The number of sulfonamides is 1. The number of piperidine rings is 1. The highest BCUT2D eigenvalue weighted by atomic mass is 32.2. The second kappa shape index (κ2) is 7.19. The van der Waals surface area contributed by atoms with Gasteiger partial charge in [0.25, 0.3) is 0 Å². The minimum Gasteiger partial charge on any atom is -0.347 e. The summed E-state index contributed by atoms with van der Waals surface area (Å²) in [6, 6.07) is 0.0679. The van der Waals surface area contributed by atoms with Gasteiger partial charge >= 0.3 is 0 Å². The van der Waals surface area contributed by atoms with Crippen molar-refractivity contribution in [3.63, 3.8) is 0 Å². The molecule has 0 aliphatic carbocycles. The maximum absolute atomic E-state index is 12.2. The average Bonchev–Trinajstić information content (AvgIpc) is 2.98. The Morgan fingerprint density at radius 3 is 2.95 bits per heavy atom. The summed E-state index contributed by atoms with van der Waals surface area (Å²) in [5, 5.41) is 3.38. The summed E-state index contributed by atoms with van der Waals surface area (Å²) in [4.78, 5) is 7.09. The largest absolute Gasteiger partial charge is 0.347 e. The number of hydrogen-bond acceptors (Lipinski definition) is 4. The van der Waals surface area contributed by atoms with Crippen LogP contribution in [0.4, 0.5) is 0 Å². The molecule has 2 unspecified atom stereocenters. The van der Waals surface area contributed by atoms with Gasteiger partial charge in [0.05, 0.1) is 11.8 Å². The van der Waals surface area contributed by atoms with E-state index in [1.807, 2.05) is 6.92 Å². The quantitative estimate of drug-likeness (QED) is 0.708. The molecule has 7 heteroatoms. The van der Waals surface area contributed by atoms with Gasteiger partial charge in [-0.2, -0.15) is 0 Å². The number of imidazole rings is 1. The minimum absolute atomic E-state index is 0.169. The summed E-state index contributed by atoms with van der Waals surface area (Å²) in [6.07, 6.45) is 8.15. The molecule has 1 aromatic rings. The first kappa shape index (κ1) is 15.5. The molecule has 0 aromatic carbocycles. The van der Waals surface area contributed by atoms with E-state index in [2.05, 4.69) is 20.0 Å². The van der Waals surface area contributed by atoms with Crippen LogP contribution in [-0.2, 0) is 10.0 Å². The molecule has 0 saturated carbocycles. The van der Waals surface area contributed by atoms with Gasteiger partial charge in [-0.15, -0.1) is 0 Å². The van der Waals surface area contributed by atoms with Crippen molar-refractivity contribution in [1.29, 1.82) is 0 Å². The smallest absolute Gasteiger partial charge is 0.212 e. The van der Waals surface area contributed by atoms with Gasteiger partial charge in [-0.05, 0) is 32.2 Å². The highest BCUT2D eigenvalue weighted by Gasteiger charge is 2.22. The summed E-state index contributed by atoms with van der Waals surface area (Å²) in [7, 11) is -3.27. The summed E-state index contributed by atoms with van der Waals surface area (Å²) in [6.45, 7) is 2.94. The van der Waals surface area contributed by atoms with Gasteiger partial charge in [0, 0.05) is 18.4 Å². The minimum atomic E-state index is -3.27. The van der Waals surface area contributed by atoms with Crippen molar-refractivity contribution < 1.29 is 8.42 Å². The van der Waals surface area contributed by atoms with Gasteiger partial charge in [-0.3, -0.25) is 0 Å². The Kier molecular flexibility index (Phi) is 5.56. The molecule has 1 saturated heterocycles. The summed E-state index contributed by atoms with van der Waals surface area (Å²) in [5.74, 6) is 0.842. The van der Waals surface area contributed by atoms with E-state index in [0.717, 1.165) is 13.0 Å². The lowest BCUT2D eigenvalue weighted by atomic mass is 10.0. The molecule has 1 aliphatic heterocycles. The third-order valence-corrected chi connectivity index (χ3v) is 5.14. The molecular formula is C13H24N4O2S. The highest BCUT2D eigenvalue weighted by Crippen LogP contribution is 2.15. The van der Waals surface area contributed by atoms with E-state index < -0.39 is 10.0 Å². The molecule has 3 N–H and O–H groups in total. The number of nitrogens with one attached hydrogen (secondary N) is 3. The second-order valence-corrected chi connectivity index (χ2v) is 7.18. The van der Waals surface area contributed by atoms with Crippen molar-refractivity contribution in [2.45, 2.75) is 51.1 Å². The van der Waals surface area contributed by atoms with Gasteiger partial charge in [-0.25, -0.2) is 18.1 Å². The molecular weight excluding hydrogens is 276 g/mol. The van der Waals surface area contributed by atoms with E-state index in [0.29, 0.717) is 24.7 Å². The first-order chi connectivity index (χ1) is 9.61. The predicted octanol–water partition coefficient (Wildman–Crippen LogP) is 1.31. The van der Waals surface area contributed by atoms with Crippen LogP contribution in [-0.4, -0.2) is 36.7 Å². The van der Waals surface area contributed by atoms with Gasteiger partial charge in [0.1, 0.15) is 5.82 Å². The number of nitrogens with zero attached hydrogens (tertiary/aromatic N) is 1. The fourth-order valence-corrected chi connectivity index (χ4v) is 3.97. The molecule has 2 rings (SSSR count). The fraction of sp³-hybridized carbons (Fsp3) is 0.769. The molecule has 2 atom stereocenters. The van der Waals surface area contributed by atoms with E-state index >= 15 is 0 Å². The van der Waals surface area contributed by atoms with Gasteiger partial charge in [0.15, 0.2) is 0 Å². The lowest BCUT2D eigenvalue weighted by Crippen LogP contribution is -2.38. The van der Waals surface area contributed by atoms with Gasteiger partial charge in [0.2, 0.25) is 10.0 Å². The average molecular weight is 300 g/mol. The van der Waals surface area contributed by atoms with Crippen LogP contribution in [0.1, 0.15) is 50.9 Å². The van der Waals surface area contributed by atoms with E-state index in [1.165, 1.54) is 12.8 Å². The fourth-order valence-electron chi connectivity index (χ4n) is 2.54. The Hall–Kier alpha value is -0.920. The molecule has 0 spiro atoms. The number of hydrogen-bond donors (Lipinski definition) is 3. The van der Waals surface area contributed by atoms with Crippen molar-refractivity contribution in [2.24, 2.45) is 0 Å². The van der Waals surface area contributed by atoms with Crippen molar-refractivity contribution >= 4 is 10.0 Å². The number of aromatic nitrogens is 2. The molecule has 20 heavy (non-hydrogen) atoms. The number of aromatic amines is 1. The normalized spacial score (nSPS) is 21.8. The van der Waals surface area contributed by atoms with Crippen LogP contribution in [0.25, 0.3) is 0 Å². The van der Waals surface area contributed by atoms with Crippen LogP contribution in [0.5, 0.6) is 0 Å². The zero-order chi connectivity index (χ0) is 14.4. The van der Waals surface area contributed by atoms with E-state index in [-0.39, 0.29) is 11.8 Å². The molecule has 0 amide bonds. The summed E-state index contributed by atoms with van der Waals surface area (Å²) in [5.41, 5.74) is 0. The molecule has 0 bridgehead atoms. The lowest BCUT2D eigenvalue weighted by Gasteiger charge is -2.23. The molecule has 6 nitrogen and oxygen atoms in total. The zero-order valence-electron chi connectivity index (χ0n) is 11.9. The number of H-pyrrole nitrogens is 1. The van der Waals surface area contributed by atoms with E-state index in [9.17, 15) is 8.42 Å². The van der Waals surface area contributed by atoms with Crippen molar-refractivity contribution in [3.8, 4) is 0 Å². The molecule has 1 aliphatic rings. The Morgan fingerprint density at radius 1 is 1.50 bits per heavy atom. The SMILES string of the molecule is CCC(NS(=O)(=O)CCC1CCCCN1)c1ncc[nH]1. The Bertz CT molecular complexity index is 480. The topological polar surface area (TPSA) is 86.9 Å². The van der Waals surface area contributed by atoms with Crippen LogP contribution in [0, 0.1) is 0 Å². The molecule has 0 radical (unpaired) electrons. The van der Waals surface area contributed by atoms with Gasteiger partial charge < -0.3 is 10.3 Å². The van der Waals surface area contributed by atoms with Crippen LogP contribution in [0.3, 0.4) is 0 Å². The third kappa shape index (κ3) is 4.57. The maximum atomic E-state index is 12.2. The van der Waals surface area contributed by atoms with Crippen LogP contribution in [0.2, 0.25) is 0 Å². The first-order valence-electron chi connectivity index (χ1n) is 7.33. The number of rotatable bonds is 7. The lowest BCUT2D eigenvalue weighted by molar-refractivity contribution is 0.392. The Morgan fingerprint density at radius 2 is 2.35 bits per heavy atom. The van der Waals surface area contributed by atoms with Crippen molar-refractivity contribution in [1.82, 2.24) is 20.0 Å². The molecule has 1 aromatic heterocycles. The van der Waals surface area contributed by atoms with E-state index in [1.54, 1.807) is 12.4 Å². The molecule has 1 fully saturated rings. The van der Waals surface area contributed by atoms with E-state index in [4.69, 9.17) is 0 Å². The Labute approximate surface area is 120 Å². The van der Waals surface area contributed by atoms with Crippen LogP contribution < -0.4 is 10.0 Å². The molecule has 114 valence electrons. The first-order valence-corrected chi connectivity index (χ1v) is 8.98. The van der Waals surface area contributed by atoms with Crippen molar-refractivity contribution in [3.05, 3.63) is 18.2 Å². The Balaban J connectivity index is 1.86. The van der Waals surface area contributed by atoms with Crippen LogP contribution >= 0.6 is 0 Å². The third-order valence-electron chi connectivity index (χ3n) is 3.73. The van der Waals surface area contributed by atoms with Crippen molar-refractivity contribution in [2.75, 3.05) is 12.3 Å². The second-order valence-electron chi connectivity index (χ2n) is 5.31.